The second kappa shape index (κ2) is 8.78. The monoisotopic (exact) mass is 380 g/mol. The van der Waals surface area contributed by atoms with Crippen molar-refractivity contribution in [1.29, 1.82) is 0 Å². The third-order valence-electron chi connectivity index (χ3n) is 5.50. The summed E-state index contributed by atoms with van der Waals surface area (Å²) in [4.78, 5) is 4.91. The topological polar surface area (TPSA) is 53.0 Å². The molecule has 2 aromatic heterocycles. The van der Waals surface area contributed by atoms with E-state index in [0.717, 1.165) is 62.0 Å². The van der Waals surface area contributed by atoms with Crippen LogP contribution in [0, 0.1) is 6.92 Å². The van der Waals surface area contributed by atoms with Crippen molar-refractivity contribution in [2.45, 2.75) is 32.5 Å². The van der Waals surface area contributed by atoms with Crippen molar-refractivity contribution in [3.8, 4) is 11.3 Å². The molecule has 1 aliphatic rings. The number of piperazine rings is 1. The van der Waals surface area contributed by atoms with Crippen LogP contribution < -0.4 is 0 Å². The minimum Gasteiger partial charge on any atom is -0.465 e. The first kappa shape index (κ1) is 19.0. The van der Waals surface area contributed by atoms with Gasteiger partial charge in [0, 0.05) is 44.4 Å². The van der Waals surface area contributed by atoms with E-state index in [0.29, 0.717) is 6.04 Å². The molecule has 0 saturated carbocycles. The minimum atomic E-state index is 0.204. The molecule has 1 saturated heterocycles. The van der Waals surface area contributed by atoms with Crippen LogP contribution in [0.25, 0.3) is 11.3 Å². The van der Waals surface area contributed by atoms with Crippen LogP contribution in [0.4, 0.5) is 0 Å². The number of hydrogen-bond acceptors (Lipinski definition) is 5. The predicted octanol–water partition coefficient (Wildman–Crippen LogP) is 3.92. The van der Waals surface area contributed by atoms with Crippen LogP contribution in [0.5, 0.6) is 0 Å². The van der Waals surface area contributed by atoms with Crippen LogP contribution in [-0.2, 0) is 13.1 Å². The minimum absolute atomic E-state index is 0.204. The van der Waals surface area contributed by atoms with Crippen LogP contribution in [0.15, 0.2) is 63.6 Å². The Morgan fingerprint density at radius 3 is 2.68 bits per heavy atom. The Morgan fingerprint density at radius 2 is 1.93 bits per heavy atom. The second-order valence-corrected chi connectivity index (χ2v) is 7.52. The number of benzene rings is 1. The van der Waals surface area contributed by atoms with E-state index in [1.807, 2.05) is 25.1 Å². The molecule has 0 bridgehead atoms. The molecule has 0 radical (unpaired) electrons. The summed E-state index contributed by atoms with van der Waals surface area (Å²) in [7, 11) is 0. The molecule has 5 nitrogen and oxygen atoms in total. The van der Waals surface area contributed by atoms with Gasteiger partial charge in [-0.25, -0.2) is 0 Å². The molecule has 1 fully saturated rings. The van der Waals surface area contributed by atoms with Gasteiger partial charge >= 0.3 is 0 Å². The molecular weight excluding hydrogens is 352 g/mol. The van der Waals surface area contributed by atoms with Crippen LogP contribution in [0.1, 0.15) is 23.5 Å². The quantitative estimate of drug-likeness (QED) is 0.673. The summed E-state index contributed by atoms with van der Waals surface area (Å²) in [5.74, 6) is 2.85. The zero-order valence-electron chi connectivity index (χ0n) is 16.4. The van der Waals surface area contributed by atoms with E-state index < -0.39 is 0 Å². The van der Waals surface area contributed by atoms with Gasteiger partial charge in [0.1, 0.15) is 17.3 Å². The van der Waals surface area contributed by atoms with E-state index in [1.54, 1.807) is 6.26 Å². The molecule has 3 heterocycles. The summed E-state index contributed by atoms with van der Waals surface area (Å²) in [5, 5.41) is 9.57. The molecule has 0 amide bonds. The van der Waals surface area contributed by atoms with Crippen LogP contribution in [-0.4, -0.2) is 47.2 Å². The van der Waals surface area contributed by atoms with Gasteiger partial charge in [-0.3, -0.25) is 9.80 Å². The number of nitrogens with zero attached hydrogens (tertiary/aromatic N) is 2. The lowest BCUT2D eigenvalue weighted by Crippen LogP contribution is -2.52. The van der Waals surface area contributed by atoms with Gasteiger partial charge in [-0.2, -0.15) is 0 Å². The van der Waals surface area contributed by atoms with Gasteiger partial charge in [0.05, 0.1) is 12.8 Å². The highest BCUT2D eigenvalue weighted by Crippen LogP contribution is 2.26. The predicted molar refractivity (Wildman–Crippen MR) is 109 cm³/mol. The Bertz CT molecular complexity index is 872. The lowest BCUT2D eigenvalue weighted by atomic mass is 10.0. The summed E-state index contributed by atoms with van der Waals surface area (Å²) < 4.78 is 11.4. The lowest BCUT2D eigenvalue weighted by Gasteiger charge is -2.41. The maximum absolute atomic E-state index is 9.57. The average Bonchev–Trinajstić information content (AvgIpc) is 3.36. The van der Waals surface area contributed by atoms with Crippen molar-refractivity contribution in [3.05, 3.63) is 71.9 Å². The number of aliphatic hydroxyl groups is 1. The smallest absolute Gasteiger partial charge is 0.134 e. The Balaban J connectivity index is 1.45. The third kappa shape index (κ3) is 4.38. The van der Waals surface area contributed by atoms with Crippen molar-refractivity contribution < 1.29 is 13.9 Å². The summed E-state index contributed by atoms with van der Waals surface area (Å²) in [5.41, 5.74) is 2.43. The van der Waals surface area contributed by atoms with Gasteiger partial charge in [0.2, 0.25) is 0 Å². The number of aryl methyl sites for hydroxylation is 1. The van der Waals surface area contributed by atoms with E-state index in [2.05, 4.69) is 40.1 Å². The van der Waals surface area contributed by atoms with Gasteiger partial charge in [0.15, 0.2) is 0 Å². The molecule has 148 valence electrons. The lowest BCUT2D eigenvalue weighted by molar-refractivity contribution is 0.0455. The molecule has 0 unspecified atom stereocenters. The number of rotatable bonds is 7. The van der Waals surface area contributed by atoms with Gasteiger partial charge in [-0.1, -0.05) is 24.3 Å². The highest BCUT2D eigenvalue weighted by Gasteiger charge is 2.27. The summed E-state index contributed by atoms with van der Waals surface area (Å²) in [6.07, 6.45) is 2.49. The molecular formula is C23H28N2O3. The van der Waals surface area contributed by atoms with Gasteiger partial charge < -0.3 is 13.9 Å². The Morgan fingerprint density at radius 1 is 1.04 bits per heavy atom. The average molecular weight is 380 g/mol. The van der Waals surface area contributed by atoms with Gasteiger partial charge in [0.25, 0.3) is 0 Å². The zero-order chi connectivity index (χ0) is 19.3. The Kier molecular flexibility index (Phi) is 5.95. The normalized spacial score (nSPS) is 18.6. The second-order valence-electron chi connectivity index (χ2n) is 7.52. The third-order valence-corrected chi connectivity index (χ3v) is 5.50. The zero-order valence-corrected chi connectivity index (χ0v) is 16.4. The fourth-order valence-electron chi connectivity index (χ4n) is 4.07. The molecule has 0 spiro atoms. The molecule has 1 aliphatic heterocycles. The molecule has 1 atom stereocenters. The molecule has 4 rings (SSSR count). The van der Waals surface area contributed by atoms with E-state index in [-0.39, 0.29) is 6.61 Å². The first-order chi connectivity index (χ1) is 13.7. The van der Waals surface area contributed by atoms with Crippen molar-refractivity contribution in [1.82, 2.24) is 9.80 Å². The van der Waals surface area contributed by atoms with E-state index in [9.17, 15) is 5.11 Å². The van der Waals surface area contributed by atoms with Crippen LogP contribution >= 0.6 is 0 Å². The first-order valence-electron chi connectivity index (χ1n) is 9.97. The molecule has 0 aliphatic carbocycles. The molecule has 1 N–H and O–H groups in total. The largest absolute Gasteiger partial charge is 0.465 e. The molecule has 28 heavy (non-hydrogen) atoms. The first-order valence-corrected chi connectivity index (χ1v) is 9.97. The summed E-state index contributed by atoms with van der Waals surface area (Å²) in [6, 6.07) is 16.8. The van der Waals surface area contributed by atoms with Crippen molar-refractivity contribution in [2.24, 2.45) is 0 Å². The highest BCUT2D eigenvalue weighted by atomic mass is 16.3. The van der Waals surface area contributed by atoms with Crippen molar-refractivity contribution in [3.63, 3.8) is 0 Å². The van der Waals surface area contributed by atoms with Crippen molar-refractivity contribution in [2.75, 3.05) is 26.2 Å². The summed E-state index contributed by atoms with van der Waals surface area (Å²) >= 11 is 0. The number of hydrogen-bond donors (Lipinski definition) is 1. The van der Waals surface area contributed by atoms with Crippen molar-refractivity contribution >= 4 is 0 Å². The fraction of sp³-hybridized carbons (Fsp3) is 0.391. The van der Waals surface area contributed by atoms with E-state index in [4.69, 9.17) is 8.83 Å². The Labute approximate surface area is 166 Å². The standard InChI is InChI=1S/C23H28N2O3/c1-18-8-9-21(28-18)17-25-12-11-24(16-20(25)10-13-26)15-19-5-2-3-6-22(19)23-7-4-14-27-23/h2-9,14,20,26H,10-13,15-17H2,1H3/t20-/m1/s1. The van der Waals surface area contributed by atoms with E-state index >= 15 is 0 Å². The number of aliphatic hydroxyl groups excluding tert-OH is 1. The molecule has 1 aromatic carbocycles. The number of furan rings is 2. The van der Waals surface area contributed by atoms with E-state index in [1.165, 1.54) is 5.56 Å². The Hall–Kier alpha value is -2.34. The highest BCUT2D eigenvalue weighted by molar-refractivity contribution is 5.61. The molecule has 3 aromatic rings. The van der Waals surface area contributed by atoms with Crippen LogP contribution in [0.3, 0.4) is 0 Å². The maximum atomic E-state index is 9.57. The SMILES string of the molecule is Cc1ccc(CN2CCN(Cc3ccccc3-c3ccco3)C[C@H]2CCO)o1. The van der Waals surface area contributed by atoms with Gasteiger partial charge in [-0.15, -0.1) is 0 Å². The summed E-state index contributed by atoms with van der Waals surface area (Å²) in [6.45, 7) is 6.76. The molecule has 5 heteroatoms. The maximum Gasteiger partial charge on any atom is 0.134 e. The van der Waals surface area contributed by atoms with Gasteiger partial charge in [-0.05, 0) is 43.2 Å². The van der Waals surface area contributed by atoms with Crippen LogP contribution in [0.2, 0.25) is 0 Å². The fourth-order valence-corrected chi connectivity index (χ4v) is 4.07.